The highest BCUT2D eigenvalue weighted by atomic mass is 32.2. The quantitative estimate of drug-likeness (QED) is 0.182. The lowest BCUT2D eigenvalue weighted by Crippen LogP contribution is -2.41. The van der Waals surface area contributed by atoms with Crippen molar-refractivity contribution < 1.29 is 4.79 Å². The molecule has 1 saturated carbocycles. The summed E-state index contributed by atoms with van der Waals surface area (Å²) in [7, 11) is 0. The smallest absolute Gasteiger partial charge is 0.324 e. The number of amides is 2. The highest BCUT2D eigenvalue weighted by Gasteiger charge is 2.41. The van der Waals surface area contributed by atoms with Crippen LogP contribution >= 0.6 is 11.9 Å². The Morgan fingerprint density at radius 2 is 1.40 bits per heavy atom. The number of urea groups is 1. The standard InChI is InChI=1S/C34H38N4OS/c39-33(36-30-19-11-4-12-20-30)37-40-24-26-21-22-32-31(23-26)35-25-38(32)34(27-13-5-1-6-14-27,28-15-7-2-8-16-28)29-17-9-3-10-18-29/h1-3,5-10,13-18,25-26,30H,4,11-12,19-24H2,(H2,36,37,39). The van der Waals surface area contributed by atoms with Crippen molar-refractivity contribution in [3.05, 3.63) is 125 Å². The number of aromatic nitrogens is 2. The van der Waals surface area contributed by atoms with E-state index in [0.717, 1.165) is 37.9 Å². The van der Waals surface area contributed by atoms with E-state index in [2.05, 4.69) is 112 Å². The highest BCUT2D eigenvalue weighted by molar-refractivity contribution is 7.97. The molecule has 1 unspecified atom stereocenters. The van der Waals surface area contributed by atoms with Crippen molar-refractivity contribution in [3.8, 4) is 0 Å². The van der Waals surface area contributed by atoms with Gasteiger partial charge in [0.15, 0.2) is 0 Å². The van der Waals surface area contributed by atoms with Gasteiger partial charge in [-0.05, 0) is 66.7 Å². The number of carbonyl (C=O) groups is 1. The van der Waals surface area contributed by atoms with E-state index in [1.807, 2.05) is 0 Å². The molecule has 2 N–H and O–H groups in total. The second-order valence-electron chi connectivity index (χ2n) is 11.1. The molecule has 0 spiro atoms. The first kappa shape index (κ1) is 26.7. The maximum absolute atomic E-state index is 12.4. The predicted molar refractivity (Wildman–Crippen MR) is 163 cm³/mol. The third-order valence-electron chi connectivity index (χ3n) is 8.58. The van der Waals surface area contributed by atoms with Gasteiger partial charge in [0.05, 0.1) is 12.0 Å². The van der Waals surface area contributed by atoms with Crippen LogP contribution in [-0.2, 0) is 18.4 Å². The molecule has 3 aromatic carbocycles. The molecular formula is C34H38N4OS. The van der Waals surface area contributed by atoms with Crippen molar-refractivity contribution in [1.29, 1.82) is 0 Å². The number of carbonyl (C=O) groups excluding carboxylic acids is 1. The minimum Gasteiger partial charge on any atom is -0.335 e. The largest absolute Gasteiger partial charge is 0.335 e. The lowest BCUT2D eigenvalue weighted by molar-refractivity contribution is 0.238. The molecule has 0 aliphatic heterocycles. The molecule has 0 saturated heterocycles. The summed E-state index contributed by atoms with van der Waals surface area (Å²) < 4.78 is 5.47. The molecule has 6 heteroatoms. The Morgan fingerprint density at radius 1 is 0.825 bits per heavy atom. The van der Waals surface area contributed by atoms with E-state index in [4.69, 9.17) is 4.98 Å². The van der Waals surface area contributed by atoms with Gasteiger partial charge < -0.3 is 9.88 Å². The molecule has 1 fully saturated rings. The Bertz CT molecular complexity index is 1290. The first-order valence-corrected chi connectivity index (χ1v) is 15.6. The molecule has 5 nitrogen and oxygen atoms in total. The molecule has 2 amide bonds. The van der Waals surface area contributed by atoms with E-state index in [1.54, 1.807) is 0 Å². The maximum atomic E-state index is 12.4. The molecule has 0 bridgehead atoms. The average Bonchev–Trinajstić information content (AvgIpc) is 3.43. The zero-order chi connectivity index (χ0) is 27.2. The van der Waals surface area contributed by atoms with Crippen molar-refractivity contribution in [3.63, 3.8) is 0 Å². The molecule has 2 aliphatic rings. The fourth-order valence-corrected chi connectivity index (χ4v) is 7.43. The Hall–Kier alpha value is -3.51. The van der Waals surface area contributed by atoms with Crippen LogP contribution in [0.5, 0.6) is 0 Å². The fraction of sp³-hybridized carbons (Fsp3) is 0.353. The van der Waals surface area contributed by atoms with E-state index in [0.29, 0.717) is 12.0 Å². The predicted octanol–water partition coefficient (Wildman–Crippen LogP) is 7.11. The number of fused-ring (bicyclic) bond motifs is 1. The van der Waals surface area contributed by atoms with Gasteiger partial charge in [-0.25, -0.2) is 9.78 Å². The molecule has 206 valence electrons. The molecule has 2 aliphatic carbocycles. The van der Waals surface area contributed by atoms with Gasteiger partial charge in [-0.3, -0.25) is 4.72 Å². The van der Waals surface area contributed by atoms with Crippen LogP contribution in [0.1, 0.15) is 66.6 Å². The van der Waals surface area contributed by atoms with Crippen LogP contribution in [0, 0.1) is 5.92 Å². The van der Waals surface area contributed by atoms with Gasteiger partial charge in [-0.15, -0.1) is 0 Å². The van der Waals surface area contributed by atoms with Crippen molar-refractivity contribution in [2.45, 2.75) is 62.9 Å². The van der Waals surface area contributed by atoms with Gasteiger partial charge >= 0.3 is 6.03 Å². The highest BCUT2D eigenvalue weighted by Crippen LogP contribution is 2.43. The van der Waals surface area contributed by atoms with Gasteiger partial charge in [0, 0.05) is 17.5 Å². The molecular weight excluding hydrogens is 512 g/mol. The average molecular weight is 551 g/mol. The van der Waals surface area contributed by atoms with E-state index >= 15 is 0 Å². The number of hydrogen-bond donors (Lipinski definition) is 2. The first-order valence-electron chi connectivity index (χ1n) is 14.7. The number of nitrogens with zero attached hydrogens (tertiary/aromatic N) is 2. The topological polar surface area (TPSA) is 59.0 Å². The molecule has 6 rings (SSSR count). The molecule has 1 heterocycles. The summed E-state index contributed by atoms with van der Waals surface area (Å²) in [6.45, 7) is 0. The SMILES string of the molecule is O=C(NSCC1CCc2c(ncn2C(c2ccccc2)(c2ccccc2)c2ccccc2)C1)NC1CCCCC1. The Balaban J connectivity index is 1.25. The summed E-state index contributed by atoms with van der Waals surface area (Å²) in [5, 5.41) is 3.15. The zero-order valence-electron chi connectivity index (χ0n) is 23.0. The lowest BCUT2D eigenvalue weighted by atomic mass is 9.76. The number of hydrogen-bond acceptors (Lipinski definition) is 3. The van der Waals surface area contributed by atoms with Crippen LogP contribution in [0.2, 0.25) is 0 Å². The van der Waals surface area contributed by atoms with E-state index in [9.17, 15) is 4.79 Å². The number of imidazole rings is 1. The Morgan fingerprint density at radius 3 is 1.98 bits per heavy atom. The molecule has 0 radical (unpaired) electrons. The second-order valence-corrected chi connectivity index (χ2v) is 12.0. The van der Waals surface area contributed by atoms with Gasteiger partial charge in [-0.2, -0.15) is 0 Å². The van der Waals surface area contributed by atoms with Crippen molar-refractivity contribution in [2.24, 2.45) is 5.92 Å². The van der Waals surface area contributed by atoms with E-state index < -0.39 is 5.54 Å². The normalized spacial score (nSPS) is 17.6. The summed E-state index contributed by atoms with van der Waals surface area (Å²) in [5.74, 6) is 1.38. The van der Waals surface area contributed by atoms with E-state index in [-0.39, 0.29) is 6.03 Å². The van der Waals surface area contributed by atoms with Crippen LogP contribution in [0.4, 0.5) is 4.79 Å². The van der Waals surface area contributed by atoms with Crippen LogP contribution in [0.15, 0.2) is 97.3 Å². The molecule has 1 aromatic heterocycles. The third-order valence-corrected chi connectivity index (χ3v) is 9.55. The molecule has 1 atom stereocenters. The van der Waals surface area contributed by atoms with Crippen LogP contribution in [-0.4, -0.2) is 27.4 Å². The van der Waals surface area contributed by atoms with Crippen LogP contribution in [0.25, 0.3) is 0 Å². The Kier molecular flexibility index (Phi) is 8.24. The minimum absolute atomic E-state index is 0.0453. The zero-order valence-corrected chi connectivity index (χ0v) is 23.8. The summed E-state index contributed by atoms with van der Waals surface area (Å²) in [6, 6.07) is 32.7. The van der Waals surface area contributed by atoms with Crippen molar-refractivity contribution in [1.82, 2.24) is 19.6 Å². The fourth-order valence-electron chi connectivity index (χ4n) is 6.64. The first-order chi connectivity index (χ1) is 19.7. The third kappa shape index (κ3) is 5.42. The summed E-state index contributed by atoms with van der Waals surface area (Å²) >= 11 is 1.54. The summed E-state index contributed by atoms with van der Waals surface area (Å²) in [4.78, 5) is 17.4. The molecule has 40 heavy (non-hydrogen) atoms. The van der Waals surface area contributed by atoms with E-state index in [1.165, 1.54) is 59.3 Å². The molecule has 4 aromatic rings. The van der Waals surface area contributed by atoms with Gasteiger partial charge in [0.2, 0.25) is 0 Å². The number of rotatable bonds is 8. The summed E-state index contributed by atoms with van der Waals surface area (Å²) in [6.07, 6.45) is 10.9. The second kappa shape index (κ2) is 12.3. The van der Waals surface area contributed by atoms with Crippen molar-refractivity contribution >= 4 is 18.0 Å². The van der Waals surface area contributed by atoms with Gasteiger partial charge in [0.1, 0.15) is 5.54 Å². The van der Waals surface area contributed by atoms with Crippen LogP contribution in [0.3, 0.4) is 0 Å². The monoisotopic (exact) mass is 550 g/mol. The minimum atomic E-state index is -0.523. The summed E-state index contributed by atoms with van der Waals surface area (Å²) in [5.41, 5.74) is 5.62. The lowest BCUT2D eigenvalue weighted by Gasteiger charge is -2.39. The van der Waals surface area contributed by atoms with Crippen molar-refractivity contribution in [2.75, 3.05) is 5.75 Å². The van der Waals surface area contributed by atoms with Gasteiger partial charge in [-0.1, -0.05) is 110 Å². The number of nitrogens with one attached hydrogen (secondary N) is 2. The van der Waals surface area contributed by atoms with Crippen LogP contribution < -0.4 is 10.0 Å². The Labute approximate surface area is 241 Å². The van der Waals surface area contributed by atoms with Gasteiger partial charge in [0.25, 0.3) is 0 Å². The maximum Gasteiger partial charge on any atom is 0.324 e. The number of benzene rings is 3.